The van der Waals surface area contributed by atoms with Crippen molar-refractivity contribution in [2.24, 2.45) is 11.5 Å². The molecule has 0 fully saturated rings. The Morgan fingerprint density at radius 3 is 2.14 bits per heavy atom. The van der Waals surface area contributed by atoms with E-state index in [1.54, 1.807) is 0 Å². The van der Waals surface area contributed by atoms with Crippen LogP contribution in [0.3, 0.4) is 0 Å². The third-order valence-corrected chi connectivity index (χ3v) is 2.16. The van der Waals surface area contributed by atoms with Crippen molar-refractivity contribution in [3.63, 3.8) is 0 Å². The number of carboxylic acids is 1. The van der Waals surface area contributed by atoms with Crippen LogP contribution in [0.25, 0.3) is 0 Å². The molecule has 0 saturated heterocycles. The zero-order valence-electron chi connectivity index (χ0n) is 7.78. The normalized spacial score (nSPS) is 14.8. The number of carboxylic acid groups (broad SMARTS) is 1. The Morgan fingerprint density at radius 1 is 1.21 bits per heavy atom. The molecule has 6 heteroatoms. The van der Waals surface area contributed by atoms with Gasteiger partial charge in [-0.05, 0) is 19.3 Å². The number of ketones is 1. The zero-order chi connectivity index (χ0) is 11.1. The average Bonchev–Trinajstić information content (AvgIpc) is 2.15. The van der Waals surface area contributed by atoms with Gasteiger partial charge in [0.2, 0.25) is 0 Å². The highest BCUT2D eigenvalue weighted by molar-refractivity contribution is 6.28. The van der Waals surface area contributed by atoms with Crippen LogP contribution in [0.4, 0.5) is 0 Å². The fourth-order valence-electron chi connectivity index (χ4n) is 0.941. The minimum absolute atomic E-state index is 0.105. The maximum Gasteiger partial charge on any atom is 0.320 e. The molecule has 5 nitrogen and oxygen atoms in total. The summed E-state index contributed by atoms with van der Waals surface area (Å²) in [6, 6.07) is -1.48. The molecular formula is C8H15ClN2O3. The van der Waals surface area contributed by atoms with Crippen LogP contribution < -0.4 is 11.5 Å². The van der Waals surface area contributed by atoms with Crippen molar-refractivity contribution in [3.8, 4) is 0 Å². The van der Waals surface area contributed by atoms with Gasteiger partial charge in [0.25, 0.3) is 0 Å². The molecule has 1 unspecified atom stereocenters. The maximum absolute atomic E-state index is 10.9. The smallest absolute Gasteiger partial charge is 0.320 e. The average molecular weight is 223 g/mol. The van der Waals surface area contributed by atoms with E-state index in [1.807, 2.05) is 0 Å². The molecule has 0 aliphatic heterocycles. The lowest BCUT2D eigenvalue weighted by molar-refractivity contribution is -0.138. The lowest BCUT2D eigenvalue weighted by Gasteiger charge is -2.09. The molecule has 0 radical (unpaired) electrons. The van der Waals surface area contributed by atoms with Crippen molar-refractivity contribution >= 4 is 23.4 Å². The van der Waals surface area contributed by atoms with Gasteiger partial charge in [-0.1, -0.05) is 0 Å². The summed E-state index contributed by atoms with van der Waals surface area (Å²) in [6.07, 6.45) is 1.25. The highest BCUT2D eigenvalue weighted by Crippen LogP contribution is 2.03. The van der Waals surface area contributed by atoms with Gasteiger partial charge in [0.05, 0.1) is 11.9 Å². The van der Waals surface area contributed by atoms with Crippen molar-refractivity contribution < 1.29 is 14.7 Å². The summed E-state index contributed by atoms with van der Waals surface area (Å²) in [5.41, 5.74) is 10.7. The second kappa shape index (κ2) is 6.75. The van der Waals surface area contributed by atoms with Gasteiger partial charge in [0.15, 0.2) is 5.78 Å². The van der Waals surface area contributed by atoms with E-state index in [4.69, 9.17) is 28.2 Å². The van der Waals surface area contributed by atoms with Gasteiger partial charge in [-0.2, -0.15) is 0 Å². The minimum atomic E-state index is -1.04. The molecule has 0 saturated carbocycles. The predicted octanol–water partition coefficient (Wildman–Crippen LogP) is -0.296. The van der Waals surface area contributed by atoms with Gasteiger partial charge in [-0.3, -0.25) is 9.59 Å². The Balaban J connectivity index is 3.64. The maximum atomic E-state index is 10.9. The molecule has 14 heavy (non-hydrogen) atoms. The molecule has 0 spiro atoms. The van der Waals surface area contributed by atoms with Crippen LogP contribution in [-0.2, 0) is 9.59 Å². The molecule has 0 bridgehead atoms. The van der Waals surface area contributed by atoms with Gasteiger partial charge in [-0.15, -0.1) is 11.6 Å². The molecule has 0 aromatic rings. The molecule has 0 rings (SSSR count). The van der Waals surface area contributed by atoms with Crippen LogP contribution >= 0.6 is 11.6 Å². The Hall–Kier alpha value is -0.650. The van der Waals surface area contributed by atoms with Gasteiger partial charge < -0.3 is 16.6 Å². The number of carbonyl (C=O) groups is 2. The third-order valence-electron chi connectivity index (χ3n) is 1.89. The van der Waals surface area contributed by atoms with Crippen molar-refractivity contribution in [3.05, 3.63) is 0 Å². The highest BCUT2D eigenvalue weighted by Gasteiger charge is 2.14. The number of nitrogens with two attached hydrogens (primary N) is 2. The van der Waals surface area contributed by atoms with E-state index in [2.05, 4.69) is 0 Å². The van der Waals surface area contributed by atoms with Crippen LogP contribution in [0.15, 0.2) is 0 Å². The molecule has 5 N–H and O–H groups in total. The topological polar surface area (TPSA) is 106 Å². The molecule has 0 aliphatic rings. The van der Waals surface area contributed by atoms with Crippen LogP contribution in [-0.4, -0.2) is 34.8 Å². The summed E-state index contributed by atoms with van der Waals surface area (Å²) in [4.78, 5) is 21.2. The second-order valence-electron chi connectivity index (χ2n) is 3.08. The first kappa shape index (κ1) is 13.4. The van der Waals surface area contributed by atoms with Crippen LogP contribution in [0.5, 0.6) is 0 Å². The quantitative estimate of drug-likeness (QED) is 0.513. The molecule has 0 aromatic carbocycles. The Kier molecular flexibility index (Phi) is 6.44. The molecule has 0 aliphatic carbocycles. The molecule has 2 atom stereocenters. The first-order valence-electron chi connectivity index (χ1n) is 4.31. The number of Topliss-reactive ketones (excluding diaryl/α,β-unsaturated/α-hetero) is 1. The Morgan fingerprint density at radius 2 is 1.71 bits per heavy atom. The van der Waals surface area contributed by atoms with Crippen LogP contribution in [0.2, 0.25) is 0 Å². The monoisotopic (exact) mass is 222 g/mol. The first-order chi connectivity index (χ1) is 6.49. The minimum Gasteiger partial charge on any atom is -0.480 e. The van der Waals surface area contributed by atoms with E-state index in [0.29, 0.717) is 19.3 Å². The Labute approximate surface area is 87.4 Å². The zero-order valence-corrected chi connectivity index (χ0v) is 8.54. The van der Waals surface area contributed by atoms with E-state index < -0.39 is 18.1 Å². The SMILES string of the molecule is NC(CCC[C@H](N)C(=O)O)C(=O)CCl. The third kappa shape index (κ3) is 5.16. The summed E-state index contributed by atoms with van der Waals surface area (Å²) < 4.78 is 0. The van der Waals surface area contributed by atoms with Gasteiger partial charge in [0.1, 0.15) is 6.04 Å². The number of halogens is 1. The largest absolute Gasteiger partial charge is 0.480 e. The van der Waals surface area contributed by atoms with E-state index in [1.165, 1.54) is 0 Å². The number of hydrogen-bond acceptors (Lipinski definition) is 4. The lowest BCUT2D eigenvalue weighted by Crippen LogP contribution is -2.33. The highest BCUT2D eigenvalue weighted by atomic mass is 35.5. The first-order valence-corrected chi connectivity index (χ1v) is 4.85. The number of rotatable bonds is 7. The molecular weight excluding hydrogens is 208 g/mol. The van der Waals surface area contributed by atoms with E-state index in [9.17, 15) is 9.59 Å². The van der Waals surface area contributed by atoms with E-state index in [0.717, 1.165) is 0 Å². The fraction of sp³-hybridized carbons (Fsp3) is 0.750. The molecule has 0 heterocycles. The second-order valence-corrected chi connectivity index (χ2v) is 3.35. The summed E-state index contributed by atoms with van der Waals surface area (Å²) >= 11 is 5.29. The van der Waals surface area contributed by atoms with Crippen LogP contribution in [0, 0.1) is 0 Å². The summed E-state index contributed by atoms with van der Waals surface area (Å²) in [6.45, 7) is 0. The van der Waals surface area contributed by atoms with Crippen molar-refractivity contribution in [2.75, 3.05) is 5.88 Å². The lowest BCUT2D eigenvalue weighted by atomic mass is 10.0. The summed E-state index contributed by atoms with van der Waals surface area (Å²) in [5, 5.41) is 8.46. The number of hydrogen-bond donors (Lipinski definition) is 3. The number of aliphatic carboxylic acids is 1. The van der Waals surface area contributed by atoms with Gasteiger partial charge in [-0.25, -0.2) is 0 Å². The molecule has 0 amide bonds. The number of alkyl halides is 1. The number of carbonyl (C=O) groups excluding carboxylic acids is 1. The van der Waals surface area contributed by atoms with Crippen LogP contribution in [0.1, 0.15) is 19.3 Å². The van der Waals surface area contributed by atoms with E-state index >= 15 is 0 Å². The Bertz CT molecular complexity index is 211. The van der Waals surface area contributed by atoms with Crippen molar-refractivity contribution in [1.82, 2.24) is 0 Å². The molecule has 0 aromatic heterocycles. The van der Waals surface area contributed by atoms with Gasteiger partial charge >= 0.3 is 5.97 Å². The summed E-state index contributed by atoms with van der Waals surface area (Å²) in [5.74, 6) is -1.37. The molecule has 82 valence electrons. The standard InChI is InChI=1S/C8H15ClN2O3/c9-4-7(12)5(10)2-1-3-6(11)8(13)14/h5-6H,1-4,10-11H2,(H,13,14)/t5?,6-/m0/s1. The van der Waals surface area contributed by atoms with E-state index in [-0.39, 0.29) is 11.7 Å². The van der Waals surface area contributed by atoms with Crippen molar-refractivity contribution in [1.29, 1.82) is 0 Å². The summed E-state index contributed by atoms with van der Waals surface area (Å²) in [7, 11) is 0. The van der Waals surface area contributed by atoms with Crippen molar-refractivity contribution in [2.45, 2.75) is 31.3 Å². The fourth-order valence-corrected chi connectivity index (χ4v) is 1.14. The van der Waals surface area contributed by atoms with Gasteiger partial charge in [0, 0.05) is 0 Å². The predicted molar refractivity (Wildman–Crippen MR) is 53.2 cm³/mol.